The lowest BCUT2D eigenvalue weighted by Gasteiger charge is -2.21. The largest absolute Gasteiger partial charge is 0.507 e. The van der Waals surface area contributed by atoms with Gasteiger partial charge < -0.3 is 19.3 Å². The lowest BCUT2D eigenvalue weighted by Crippen LogP contribution is -2.22. The van der Waals surface area contributed by atoms with Gasteiger partial charge in [0.1, 0.15) is 17.1 Å². The quantitative estimate of drug-likeness (QED) is 0.844. The van der Waals surface area contributed by atoms with Crippen LogP contribution in [-0.4, -0.2) is 38.0 Å². The number of methoxy groups -OCH3 is 1. The summed E-state index contributed by atoms with van der Waals surface area (Å²) in [6, 6.07) is 4.67. The molecule has 0 unspecified atom stereocenters. The number of rotatable bonds is 4. The number of phenols is 1. The van der Waals surface area contributed by atoms with E-state index < -0.39 is 5.97 Å². The van der Waals surface area contributed by atoms with Crippen molar-refractivity contribution >= 4 is 5.97 Å². The lowest BCUT2D eigenvalue weighted by molar-refractivity contribution is 0.0181. The van der Waals surface area contributed by atoms with Gasteiger partial charge in [0.15, 0.2) is 0 Å². The summed E-state index contributed by atoms with van der Waals surface area (Å²) in [7, 11) is 1.45. The number of hydrogen-bond acceptors (Lipinski definition) is 5. The van der Waals surface area contributed by atoms with Crippen molar-refractivity contribution in [1.82, 2.24) is 0 Å². The highest BCUT2D eigenvalue weighted by Gasteiger charge is 2.21. The monoisotopic (exact) mass is 266 g/mol. The molecule has 1 aliphatic rings. The Morgan fingerprint density at radius 3 is 2.84 bits per heavy atom. The van der Waals surface area contributed by atoms with E-state index in [0.29, 0.717) is 31.5 Å². The van der Waals surface area contributed by atoms with Crippen LogP contribution in [0.3, 0.4) is 0 Å². The van der Waals surface area contributed by atoms with Crippen LogP contribution in [0.2, 0.25) is 0 Å². The van der Waals surface area contributed by atoms with Gasteiger partial charge in [-0.3, -0.25) is 0 Å². The summed E-state index contributed by atoms with van der Waals surface area (Å²) in [5.74, 6) is -0.0377. The average Bonchev–Trinajstić information content (AvgIpc) is 2.45. The van der Waals surface area contributed by atoms with Crippen LogP contribution in [-0.2, 0) is 9.47 Å². The van der Waals surface area contributed by atoms with Crippen molar-refractivity contribution in [1.29, 1.82) is 0 Å². The fourth-order valence-electron chi connectivity index (χ4n) is 2.07. The van der Waals surface area contributed by atoms with E-state index in [9.17, 15) is 9.90 Å². The smallest absolute Gasteiger partial charge is 0.345 e. The lowest BCUT2D eigenvalue weighted by atomic mass is 10.0. The van der Waals surface area contributed by atoms with Crippen molar-refractivity contribution in [3.05, 3.63) is 23.8 Å². The Labute approximate surface area is 112 Å². The zero-order chi connectivity index (χ0) is 13.7. The van der Waals surface area contributed by atoms with Gasteiger partial charge in [-0.2, -0.15) is 0 Å². The topological polar surface area (TPSA) is 65.0 Å². The third-order valence-electron chi connectivity index (χ3n) is 3.22. The first-order chi connectivity index (χ1) is 9.22. The first-order valence-corrected chi connectivity index (χ1v) is 6.33. The highest BCUT2D eigenvalue weighted by molar-refractivity contribution is 5.95. The maximum atomic E-state index is 12.0. The molecule has 0 radical (unpaired) electrons. The SMILES string of the molecule is COc1cccc(O)c1C(=O)OCC1CCOCC1. The van der Waals surface area contributed by atoms with Gasteiger partial charge in [-0.05, 0) is 30.9 Å². The number of hydrogen-bond donors (Lipinski definition) is 1. The summed E-state index contributed by atoms with van der Waals surface area (Å²) in [5, 5.41) is 9.73. The summed E-state index contributed by atoms with van der Waals surface area (Å²) in [6.45, 7) is 1.77. The van der Waals surface area contributed by atoms with Crippen molar-refractivity contribution in [2.75, 3.05) is 26.9 Å². The Morgan fingerprint density at radius 2 is 2.16 bits per heavy atom. The van der Waals surface area contributed by atoms with E-state index >= 15 is 0 Å². The third kappa shape index (κ3) is 3.38. The Morgan fingerprint density at radius 1 is 1.42 bits per heavy atom. The highest BCUT2D eigenvalue weighted by Crippen LogP contribution is 2.28. The van der Waals surface area contributed by atoms with Crippen molar-refractivity contribution < 1.29 is 24.1 Å². The minimum atomic E-state index is -0.554. The molecule has 0 aromatic heterocycles. The molecule has 0 saturated carbocycles. The van der Waals surface area contributed by atoms with E-state index in [1.807, 2.05) is 0 Å². The van der Waals surface area contributed by atoms with Gasteiger partial charge in [-0.25, -0.2) is 4.79 Å². The molecule has 1 heterocycles. The fraction of sp³-hybridized carbons (Fsp3) is 0.500. The number of aromatic hydroxyl groups is 1. The summed E-state index contributed by atoms with van der Waals surface area (Å²) in [4.78, 5) is 12.0. The van der Waals surface area contributed by atoms with E-state index in [4.69, 9.17) is 14.2 Å². The zero-order valence-corrected chi connectivity index (χ0v) is 10.9. The molecule has 0 aliphatic carbocycles. The molecule has 2 rings (SSSR count). The average molecular weight is 266 g/mol. The third-order valence-corrected chi connectivity index (χ3v) is 3.22. The van der Waals surface area contributed by atoms with Gasteiger partial charge in [0.2, 0.25) is 0 Å². The van der Waals surface area contributed by atoms with Gasteiger partial charge in [-0.1, -0.05) is 6.07 Å². The fourth-order valence-corrected chi connectivity index (χ4v) is 2.07. The van der Waals surface area contributed by atoms with Crippen molar-refractivity contribution in [3.8, 4) is 11.5 Å². The van der Waals surface area contributed by atoms with Crippen LogP contribution in [0.15, 0.2) is 18.2 Å². The van der Waals surface area contributed by atoms with Crippen LogP contribution in [0.4, 0.5) is 0 Å². The van der Waals surface area contributed by atoms with Crippen molar-refractivity contribution in [2.45, 2.75) is 12.8 Å². The Balaban J connectivity index is 1.99. The zero-order valence-electron chi connectivity index (χ0n) is 10.9. The van der Waals surface area contributed by atoms with Crippen LogP contribution in [0.25, 0.3) is 0 Å². The van der Waals surface area contributed by atoms with Gasteiger partial charge in [-0.15, -0.1) is 0 Å². The maximum Gasteiger partial charge on any atom is 0.345 e. The van der Waals surface area contributed by atoms with E-state index in [-0.39, 0.29) is 11.3 Å². The van der Waals surface area contributed by atoms with E-state index in [1.54, 1.807) is 12.1 Å². The molecule has 104 valence electrons. The standard InChI is InChI=1S/C14H18O5/c1-17-12-4-2-3-11(15)13(12)14(16)19-9-10-5-7-18-8-6-10/h2-4,10,15H,5-9H2,1H3. The first-order valence-electron chi connectivity index (χ1n) is 6.33. The van der Waals surface area contributed by atoms with Crippen LogP contribution in [0.5, 0.6) is 11.5 Å². The molecule has 1 aromatic carbocycles. The molecule has 1 aromatic rings. The number of ether oxygens (including phenoxy) is 3. The van der Waals surface area contributed by atoms with Crippen LogP contribution >= 0.6 is 0 Å². The Bertz CT molecular complexity index is 437. The van der Waals surface area contributed by atoms with Gasteiger partial charge >= 0.3 is 5.97 Å². The van der Waals surface area contributed by atoms with E-state index in [0.717, 1.165) is 12.8 Å². The van der Waals surface area contributed by atoms with Crippen LogP contribution < -0.4 is 4.74 Å². The normalized spacial score (nSPS) is 16.1. The predicted octanol–water partition coefficient (Wildman–Crippen LogP) is 1.98. The summed E-state index contributed by atoms with van der Waals surface area (Å²) in [5.41, 5.74) is 0.0806. The second kappa shape index (κ2) is 6.43. The summed E-state index contributed by atoms with van der Waals surface area (Å²) < 4.78 is 15.6. The molecule has 0 atom stereocenters. The molecule has 0 bridgehead atoms. The molecular formula is C14H18O5. The molecule has 5 heteroatoms. The summed E-state index contributed by atoms with van der Waals surface area (Å²) >= 11 is 0. The molecule has 1 aliphatic heterocycles. The highest BCUT2D eigenvalue weighted by atomic mass is 16.5. The molecule has 19 heavy (non-hydrogen) atoms. The van der Waals surface area contributed by atoms with Gasteiger partial charge in [0.25, 0.3) is 0 Å². The van der Waals surface area contributed by atoms with Crippen LogP contribution in [0, 0.1) is 5.92 Å². The number of carbonyl (C=O) groups is 1. The van der Waals surface area contributed by atoms with Gasteiger partial charge in [0.05, 0.1) is 13.7 Å². The maximum absolute atomic E-state index is 12.0. The Hall–Kier alpha value is -1.75. The minimum absolute atomic E-state index is 0.0806. The molecule has 0 amide bonds. The first kappa shape index (κ1) is 13.7. The second-order valence-corrected chi connectivity index (χ2v) is 4.51. The summed E-state index contributed by atoms with van der Waals surface area (Å²) in [6.07, 6.45) is 1.79. The van der Waals surface area contributed by atoms with Gasteiger partial charge in [0, 0.05) is 13.2 Å². The second-order valence-electron chi connectivity index (χ2n) is 4.51. The van der Waals surface area contributed by atoms with E-state index in [1.165, 1.54) is 13.2 Å². The number of carbonyl (C=O) groups excluding carboxylic acids is 1. The number of benzene rings is 1. The Kier molecular flexibility index (Phi) is 4.63. The number of phenolic OH excluding ortho intramolecular Hbond substituents is 1. The van der Waals surface area contributed by atoms with E-state index in [2.05, 4.69) is 0 Å². The molecule has 1 saturated heterocycles. The van der Waals surface area contributed by atoms with Crippen molar-refractivity contribution in [2.24, 2.45) is 5.92 Å². The molecule has 1 N–H and O–H groups in total. The number of esters is 1. The van der Waals surface area contributed by atoms with Crippen molar-refractivity contribution in [3.63, 3.8) is 0 Å². The molecule has 0 spiro atoms. The molecular weight excluding hydrogens is 248 g/mol. The van der Waals surface area contributed by atoms with Crippen LogP contribution in [0.1, 0.15) is 23.2 Å². The molecule has 1 fully saturated rings. The predicted molar refractivity (Wildman–Crippen MR) is 68.5 cm³/mol. The minimum Gasteiger partial charge on any atom is -0.507 e. The molecule has 5 nitrogen and oxygen atoms in total.